The number of hydrogen-bond acceptors (Lipinski definition) is 2. The molecule has 2 unspecified atom stereocenters. The third-order valence-electron chi connectivity index (χ3n) is 3.42. The molecule has 2 atom stereocenters. The Morgan fingerprint density at radius 1 is 1.15 bits per heavy atom. The van der Waals surface area contributed by atoms with E-state index < -0.39 is 6.10 Å². The maximum Gasteiger partial charge on any atom is 0.260 e. The Morgan fingerprint density at radius 3 is 2.60 bits per heavy atom. The average Bonchev–Trinajstić information content (AvgIpc) is 2.47. The minimum absolute atomic E-state index is 0.0766. The van der Waals surface area contributed by atoms with Gasteiger partial charge in [-0.3, -0.25) is 4.79 Å². The van der Waals surface area contributed by atoms with Gasteiger partial charge in [0, 0.05) is 11.4 Å². The highest BCUT2D eigenvalue weighted by molar-refractivity contribution is 5.89. The molecule has 0 aromatic heterocycles. The number of nitrogens with one attached hydrogen (secondary N) is 1. The lowest BCUT2D eigenvalue weighted by atomic mass is 10.1. The Balaban J connectivity index is 2.14. The van der Waals surface area contributed by atoms with E-state index in [1.165, 1.54) is 0 Å². The highest BCUT2D eigenvalue weighted by Gasteiger charge is 2.17. The summed E-state index contributed by atoms with van der Waals surface area (Å²) in [7, 11) is 0. The minimum atomic E-state index is -0.505. The van der Waals surface area contributed by atoms with Crippen molar-refractivity contribution in [1.82, 2.24) is 5.32 Å². The molecule has 0 saturated heterocycles. The molecular formula is C17H21NO2. The summed E-state index contributed by atoms with van der Waals surface area (Å²) in [5, 5.41) is 5.07. The molecule has 0 bridgehead atoms. The molecule has 0 aliphatic heterocycles. The maximum atomic E-state index is 12.0. The summed E-state index contributed by atoms with van der Waals surface area (Å²) in [4.78, 5) is 12.0. The molecule has 0 fully saturated rings. The number of amides is 1. The summed E-state index contributed by atoms with van der Waals surface area (Å²) in [5.41, 5.74) is 0. The van der Waals surface area contributed by atoms with Gasteiger partial charge in [0.15, 0.2) is 6.10 Å². The molecule has 0 spiro atoms. The predicted molar refractivity (Wildman–Crippen MR) is 81.9 cm³/mol. The first-order chi connectivity index (χ1) is 9.61. The van der Waals surface area contributed by atoms with Crippen molar-refractivity contribution in [3.8, 4) is 5.75 Å². The van der Waals surface area contributed by atoms with Crippen LogP contribution in [0.2, 0.25) is 0 Å². The van der Waals surface area contributed by atoms with Crippen LogP contribution in [0.1, 0.15) is 27.2 Å². The SMILES string of the molecule is CCC(C)NC(=O)C(C)Oc1cccc2ccccc12. The highest BCUT2D eigenvalue weighted by Crippen LogP contribution is 2.26. The first kappa shape index (κ1) is 14.4. The van der Waals surface area contributed by atoms with Crippen molar-refractivity contribution < 1.29 is 9.53 Å². The van der Waals surface area contributed by atoms with Gasteiger partial charge in [0.25, 0.3) is 5.91 Å². The molecule has 3 nitrogen and oxygen atoms in total. The number of carbonyl (C=O) groups is 1. The third kappa shape index (κ3) is 3.29. The molecule has 2 rings (SSSR count). The van der Waals surface area contributed by atoms with Crippen molar-refractivity contribution in [2.45, 2.75) is 39.3 Å². The molecule has 2 aromatic carbocycles. The van der Waals surface area contributed by atoms with Gasteiger partial charge in [0.2, 0.25) is 0 Å². The van der Waals surface area contributed by atoms with Gasteiger partial charge >= 0.3 is 0 Å². The smallest absolute Gasteiger partial charge is 0.260 e. The van der Waals surface area contributed by atoms with Crippen LogP contribution in [-0.2, 0) is 4.79 Å². The molecule has 0 heterocycles. The van der Waals surface area contributed by atoms with Crippen LogP contribution in [-0.4, -0.2) is 18.1 Å². The monoisotopic (exact) mass is 271 g/mol. The average molecular weight is 271 g/mol. The second kappa shape index (κ2) is 6.42. The summed E-state index contributed by atoms with van der Waals surface area (Å²) in [6.45, 7) is 5.81. The molecule has 20 heavy (non-hydrogen) atoms. The zero-order valence-corrected chi connectivity index (χ0v) is 12.2. The largest absolute Gasteiger partial charge is 0.480 e. The molecule has 0 saturated carbocycles. The third-order valence-corrected chi connectivity index (χ3v) is 3.42. The number of hydrogen-bond donors (Lipinski definition) is 1. The van der Waals surface area contributed by atoms with Crippen molar-refractivity contribution in [2.24, 2.45) is 0 Å². The summed E-state index contributed by atoms with van der Waals surface area (Å²) in [6.07, 6.45) is 0.405. The number of carbonyl (C=O) groups excluding carboxylic acids is 1. The van der Waals surface area contributed by atoms with Crippen molar-refractivity contribution in [3.63, 3.8) is 0 Å². The van der Waals surface area contributed by atoms with E-state index in [0.717, 1.165) is 22.9 Å². The quantitative estimate of drug-likeness (QED) is 0.903. The highest BCUT2D eigenvalue weighted by atomic mass is 16.5. The van der Waals surface area contributed by atoms with Crippen LogP contribution in [0.4, 0.5) is 0 Å². The molecule has 106 valence electrons. The van der Waals surface area contributed by atoms with Crippen LogP contribution in [0.25, 0.3) is 10.8 Å². The topological polar surface area (TPSA) is 38.3 Å². The molecule has 2 aromatic rings. The van der Waals surface area contributed by atoms with Crippen LogP contribution in [0.5, 0.6) is 5.75 Å². The maximum absolute atomic E-state index is 12.0. The van der Waals surface area contributed by atoms with Gasteiger partial charge in [-0.25, -0.2) is 0 Å². The zero-order chi connectivity index (χ0) is 14.5. The van der Waals surface area contributed by atoms with E-state index in [2.05, 4.69) is 5.32 Å². The van der Waals surface area contributed by atoms with Crippen molar-refractivity contribution in [1.29, 1.82) is 0 Å². The van der Waals surface area contributed by atoms with E-state index in [1.54, 1.807) is 6.92 Å². The van der Waals surface area contributed by atoms with E-state index in [-0.39, 0.29) is 11.9 Å². The van der Waals surface area contributed by atoms with Crippen LogP contribution < -0.4 is 10.1 Å². The predicted octanol–water partition coefficient (Wildman–Crippen LogP) is 3.52. The molecular weight excluding hydrogens is 250 g/mol. The van der Waals surface area contributed by atoms with Gasteiger partial charge in [-0.15, -0.1) is 0 Å². The van der Waals surface area contributed by atoms with Gasteiger partial charge in [0.1, 0.15) is 5.75 Å². The fourth-order valence-electron chi connectivity index (χ4n) is 2.00. The van der Waals surface area contributed by atoms with Crippen LogP contribution in [0, 0.1) is 0 Å². The van der Waals surface area contributed by atoms with Gasteiger partial charge in [-0.05, 0) is 31.7 Å². The van der Waals surface area contributed by atoms with Crippen LogP contribution in [0.15, 0.2) is 42.5 Å². The fourth-order valence-corrected chi connectivity index (χ4v) is 2.00. The van der Waals surface area contributed by atoms with Crippen LogP contribution in [0.3, 0.4) is 0 Å². The van der Waals surface area contributed by atoms with Crippen molar-refractivity contribution >= 4 is 16.7 Å². The van der Waals surface area contributed by atoms with Gasteiger partial charge in [-0.1, -0.05) is 43.3 Å². The van der Waals surface area contributed by atoms with Gasteiger partial charge in [0.05, 0.1) is 0 Å². The Hall–Kier alpha value is -2.03. The summed E-state index contributed by atoms with van der Waals surface area (Å²) >= 11 is 0. The van der Waals surface area contributed by atoms with E-state index in [4.69, 9.17) is 4.74 Å². The van der Waals surface area contributed by atoms with E-state index in [9.17, 15) is 4.79 Å². The summed E-state index contributed by atoms with van der Waals surface area (Å²) in [5.74, 6) is 0.669. The molecule has 0 radical (unpaired) electrons. The second-order valence-electron chi connectivity index (χ2n) is 5.06. The number of benzene rings is 2. The molecule has 3 heteroatoms. The standard InChI is InChI=1S/C17H21NO2/c1-4-12(2)18-17(19)13(3)20-16-11-7-9-14-8-5-6-10-15(14)16/h5-13H,4H2,1-3H3,(H,18,19). The lowest BCUT2D eigenvalue weighted by molar-refractivity contribution is -0.127. The Labute approximate surface area is 119 Å². The summed E-state index contributed by atoms with van der Waals surface area (Å²) < 4.78 is 5.82. The van der Waals surface area contributed by atoms with Crippen molar-refractivity contribution in [3.05, 3.63) is 42.5 Å². The summed E-state index contributed by atoms with van der Waals surface area (Å²) in [6, 6.07) is 14.0. The van der Waals surface area contributed by atoms with Gasteiger partial charge in [-0.2, -0.15) is 0 Å². The Kier molecular flexibility index (Phi) is 4.61. The molecule has 0 aliphatic carbocycles. The van der Waals surface area contributed by atoms with Crippen molar-refractivity contribution in [2.75, 3.05) is 0 Å². The molecule has 1 N–H and O–H groups in total. The first-order valence-corrected chi connectivity index (χ1v) is 7.06. The molecule has 0 aliphatic rings. The van der Waals surface area contributed by atoms with Crippen LogP contribution >= 0.6 is 0 Å². The number of fused-ring (bicyclic) bond motifs is 1. The van der Waals surface area contributed by atoms with Gasteiger partial charge < -0.3 is 10.1 Å². The first-order valence-electron chi connectivity index (χ1n) is 7.06. The number of rotatable bonds is 5. The second-order valence-corrected chi connectivity index (χ2v) is 5.06. The lowest BCUT2D eigenvalue weighted by Crippen LogP contribution is -2.41. The molecule has 1 amide bonds. The number of ether oxygens (including phenoxy) is 1. The Morgan fingerprint density at radius 2 is 1.85 bits per heavy atom. The van der Waals surface area contributed by atoms with E-state index >= 15 is 0 Å². The zero-order valence-electron chi connectivity index (χ0n) is 12.2. The lowest BCUT2D eigenvalue weighted by Gasteiger charge is -2.18. The fraction of sp³-hybridized carbons (Fsp3) is 0.353. The van der Waals surface area contributed by atoms with E-state index in [1.807, 2.05) is 56.3 Å². The minimum Gasteiger partial charge on any atom is -0.480 e. The normalized spacial score (nSPS) is 13.8. The van der Waals surface area contributed by atoms with E-state index in [0.29, 0.717) is 0 Å². The Bertz CT molecular complexity index is 589.